The maximum absolute atomic E-state index is 12.1. The van der Waals surface area contributed by atoms with Crippen LogP contribution in [0.2, 0.25) is 0 Å². The molecule has 1 atom stereocenters. The van der Waals surface area contributed by atoms with Crippen molar-refractivity contribution in [1.29, 1.82) is 5.26 Å². The first-order chi connectivity index (χ1) is 14.6. The first kappa shape index (κ1) is 25.0. The summed E-state index contributed by atoms with van der Waals surface area (Å²) in [6.07, 6.45) is 4.19. The molecule has 1 aromatic rings. The van der Waals surface area contributed by atoms with Crippen LogP contribution in [-0.4, -0.2) is 37.7 Å². The van der Waals surface area contributed by atoms with E-state index >= 15 is 0 Å². The van der Waals surface area contributed by atoms with Crippen LogP contribution in [0.5, 0.6) is 0 Å². The Morgan fingerprint density at radius 3 is 2.53 bits per heavy atom. The molecule has 0 radical (unpaired) electrons. The van der Waals surface area contributed by atoms with E-state index in [4.69, 9.17) is 14.7 Å². The lowest BCUT2D eigenvalue weighted by Crippen LogP contribution is -2.41. The predicted molar refractivity (Wildman–Crippen MR) is 111 cm³/mol. The fourth-order valence-electron chi connectivity index (χ4n) is 2.76. The molecule has 0 spiro atoms. The van der Waals surface area contributed by atoms with Gasteiger partial charge in [0.25, 0.3) is 0 Å². The number of benzene rings is 1. The van der Waals surface area contributed by atoms with Crippen LogP contribution in [0, 0.1) is 11.3 Å². The highest BCUT2D eigenvalue weighted by molar-refractivity contribution is 5.84. The summed E-state index contributed by atoms with van der Waals surface area (Å²) in [6.45, 7) is 0.698. The number of hydrogen-bond donors (Lipinski definition) is 2. The Morgan fingerprint density at radius 2 is 1.83 bits per heavy atom. The molecule has 0 saturated heterocycles. The van der Waals surface area contributed by atoms with Crippen LogP contribution in [0.4, 0.5) is 4.79 Å². The topological polar surface area (TPSA) is 118 Å². The van der Waals surface area contributed by atoms with Gasteiger partial charge in [0.05, 0.1) is 13.2 Å². The summed E-state index contributed by atoms with van der Waals surface area (Å²) in [7, 11) is 1.29. The Bertz CT molecular complexity index is 688. The number of alkyl carbamates (subject to hydrolysis) is 1. The summed E-state index contributed by atoms with van der Waals surface area (Å²) in [5, 5.41) is 13.9. The minimum atomic E-state index is -0.678. The van der Waals surface area contributed by atoms with Crippen molar-refractivity contribution in [1.82, 2.24) is 10.6 Å². The van der Waals surface area contributed by atoms with Crippen LogP contribution in [0.1, 0.15) is 56.9 Å². The van der Waals surface area contributed by atoms with E-state index in [9.17, 15) is 14.4 Å². The number of unbranched alkanes of at least 4 members (excludes halogenated alkanes) is 4. The van der Waals surface area contributed by atoms with Crippen LogP contribution < -0.4 is 10.6 Å². The van der Waals surface area contributed by atoms with Crippen molar-refractivity contribution in [2.45, 2.75) is 64.0 Å². The molecule has 0 heterocycles. The second kappa shape index (κ2) is 15.8. The van der Waals surface area contributed by atoms with Crippen molar-refractivity contribution in [3.8, 4) is 6.07 Å². The second-order valence-electron chi connectivity index (χ2n) is 6.85. The van der Waals surface area contributed by atoms with Gasteiger partial charge in [-0.25, -0.2) is 9.59 Å². The number of methoxy groups -OCH3 is 1. The van der Waals surface area contributed by atoms with Crippen molar-refractivity contribution in [2.75, 3.05) is 13.7 Å². The Balaban J connectivity index is 2.12. The largest absolute Gasteiger partial charge is 0.467 e. The van der Waals surface area contributed by atoms with E-state index in [0.29, 0.717) is 45.1 Å². The van der Waals surface area contributed by atoms with E-state index in [2.05, 4.69) is 16.7 Å². The normalized spacial score (nSPS) is 11.1. The van der Waals surface area contributed by atoms with Gasteiger partial charge >= 0.3 is 12.1 Å². The molecule has 0 aliphatic heterocycles. The van der Waals surface area contributed by atoms with E-state index in [1.54, 1.807) is 0 Å². The average molecular weight is 418 g/mol. The molecule has 0 fully saturated rings. The SMILES string of the molecule is COC(=O)[C@@H](CCCCC#N)NC(=O)CCCCCNC(=O)OCc1ccccc1. The van der Waals surface area contributed by atoms with Gasteiger partial charge < -0.3 is 20.1 Å². The monoisotopic (exact) mass is 417 g/mol. The molecule has 2 N–H and O–H groups in total. The number of carbonyl (C=O) groups excluding carboxylic acids is 3. The van der Waals surface area contributed by atoms with Crippen LogP contribution >= 0.6 is 0 Å². The Hall–Kier alpha value is -3.08. The Labute approximate surface area is 177 Å². The summed E-state index contributed by atoms with van der Waals surface area (Å²) < 4.78 is 9.85. The van der Waals surface area contributed by atoms with E-state index < -0.39 is 18.1 Å². The van der Waals surface area contributed by atoms with Gasteiger partial charge in [0, 0.05) is 19.4 Å². The summed E-state index contributed by atoms with van der Waals surface area (Å²) >= 11 is 0. The number of rotatable bonds is 14. The van der Waals surface area contributed by atoms with E-state index in [-0.39, 0.29) is 12.5 Å². The number of nitriles is 1. The molecule has 8 heteroatoms. The fraction of sp³-hybridized carbons (Fsp3) is 0.545. The first-order valence-electron chi connectivity index (χ1n) is 10.3. The van der Waals surface area contributed by atoms with Gasteiger partial charge in [-0.15, -0.1) is 0 Å². The molecule has 8 nitrogen and oxygen atoms in total. The van der Waals surface area contributed by atoms with Gasteiger partial charge in [-0.2, -0.15) is 5.26 Å². The summed E-state index contributed by atoms with van der Waals surface area (Å²) in [4.78, 5) is 35.5. The molecule has 0 aliphatic carbocycles. The number of nitrogens with one attached hydrogen (secondary N) is 2. The van der Waals surface area contributed by atoms with E-state index in [1.165, 1.54) is 7.11 Å². The Kier molecular flexibility index (Phi) is 13.1. The third-order valence-electron chi connectivity index (χ3n) is 4.42. The highest BCUT2D eigenvalue weighted by atomic mass is 16.5. The van der Waals surface area contributed by atoms with Crippen molar-refractivity contribution in [2.24, 2.45) is 0 Å². The fourth-order valence-corrected chi connectivity index (χ4v) is 2.76. The maximum Gasteiger partial charge on any atom is 0.407 e. The zero-order valence-corrected chi connectivity index (χ0v) is 17.5. The van der Waals surface area contributed by atoms with Crippen LogP contribution in [0.25, 0.3) is 0 Å². The van der Waals surface area contributed by atoms with Crippen molar-refractivity contribution < 1.29 is 23.9 Å². The lowest BCUT2D eigenvalue weighted by atomic mass is 10.1. The first-order valence-corrected chi connectivity index (χ1v) is 10.3. The molecule has 164 valence electrons. The van der Waals surface area contributed by atoms with E-state index in [1.807, 2.05) is 30.3 Å². The number of nitrogens with zero attached hydrogens (tertiary/aromatic N) is 1. The van der Waals surface area contributed by atoms with Crippen molar-refractivity contribution in [3.05, 3.63) is 35.9 Å². The van der Waals surface area contributed by atoms with Crippen molar-refractivity contribution in [3.63, 3.8) is 0 Å². The molecule has 0 aliphatic rings. The number of hydrogen-bond acceptors (Lipinski definition) is 6. The van der Waals surface area contributed by atoms with Gasteiger partial charge in [0.1, 0.15) is 12.6 Å². The summed E-state index contributed by atoms with van der Waals surface area (Å²) in [5.74, 6) is -0.681. The maximum atomic E-state index is 12.1. The quantitative estimate of drug-likeness (QED) is 0.354. The molecular weight excluding hydrogens is 386 g/mol. The molecule has 0 unspecified atom stereocenters. The Morgan fingerprint density at radius 1 is 1.07 bits per heavy atom. The third kappa shape index (κ3) is 11.7. The summed E-state index contributed by atoms with van der Waals surface area (Å²) in [6, 6.07) is 10.8. The highest BCUT2D eigenvalue weighted by Crippen LogP contribution is 2.07. The number of esters is 1. The van der Waals surface area contributed by atoms with Gasteiger partial charge in [0.15, 0.2) is 0 Å². The van der Waals surface area contributed by atoms with Crippen molar-refractivity contribution >= 4 is 18.0 Å². The lowest BCUT2D eigenvalue weighted by molar-refractivity contribution is -0.145. The summed E-state index contributed by atoms with van der Waals surface area (Å²) in [5.41, 5.74) is 0.925. The predicted octanol–water partition coefficient (Wildman–Crippen LogP) is 3.21. The van der Waals surface area contributed by atoms with E-state index in [0.717, 1.165) is 18.4 Å². The molecule has 1 aromatic carbocycles. The van der Waals surface area contributed by atoms with Gasteiger partial charge in [-0.05, 0) is 37.7 Å². The highest BCUT2D eigenvalue weighted by Gasteiger charge is 2.20. The smallest absolute Gasteiger partial charge is 0.407 e. The van der Waals surface area contributed by atoms with Crippen LogP contribution in [0.15, 0.2) is 30.3 Å². The van der Waals surface area contributed by atoms with Crippen LogP contribution in [0.3, 0.4) is 0 Å². The minimum absolute atomic E-state index is 0.207. The minimum Gasteiger partial charge on any atom is -0.467 e. The average Bonchev–Trinajstić information content (AvgIpc) is 2.76. The zero-order chi connectivity index (χ0) is 22.0. The molecule has 2 amide bonds. The molecule has 30 heavy (non-hydrogen) atoms. The van der Waals surface area contributed by atoms with Gasteiger partial charge in [0.2, 0.25) is 5.91 Å². The zero-order valence-electron chi connectivity index (χ0n) is 17.5. The van der Waals surface area contributed by atoms with Gasteiger partial charge in [-0.1, -0.05) is 36.8 Å². The molecular formula is C22H31N3O5. The lowest BCUT2D eigenvalue weighted by Gasteiger charge is -2.16. The standard InChI is InChI=1S/C22H31N3O5/c1-29-21(27)19(13-7-3-9-15-23)25-20(26)14-8-4-10-16-24-22(28)30-17-18-11-5-2-6-12-18/h2,5-6,11-12,19H,3-4,7-10,13-14,16-17H2,1H3,(H,24,28)(H,25,26)/t19-/m1/s1. The molecule has 0 bridgehead atoms. The molecule has 0 aromatic heterocycles. The number of amides is 2. The molecule has 0 saturated carbocycles. The number of carbonyl (C=O) groups is 3. The number of ether oxygens (including phenoxy) is 2. The third-order valence-corrected chi connectivity index (χ3v) is 4.42. The molecule has 1 rings (SSSR count). The van der Waals surface area contributed by atoms with Crippen LogP contribution in [-0.2, 0) is 25.7 Å². The van der Waals surface area contributed by atoms with Gasteiger partial charge in [-0.3, -0.25) is 4.79 Å². The second-order valence-corrected chi connectivity index (χ2v) is 6.85.